The van der Waals surface area contributed by atoms with Crippen molar-refractivity contribution in [1.82, 2.24) is 10.2 Å². The second-order valence-electron chi connectivity index (χ2n) is 5.37. The van der Waals surface area contributed by atoms with E-state index >= 15 is 0 Å². The van der Waals surface area contributed by atoms with Crippen LogP contribution in [-0.4, -0.2) is 29.0 Å². The number of rotatable bonds is 6. The van der Waals surface area contributed by atoms with E-state index in [4.69, 9.17) is 16.3 Å². The summed E-state index contributed by atoms with van der Waals surface area (Å²) in [5.41, 5.74) is 0.0597. The van der Waals surface area contributed by atoms with Gasteiger partial charge in [0.25, 0.3) is 5.56 Å². The first-order valence-corrected chi connectivity index (χ1v) is 7.66. The van der Waals surface area contributed by atoms with E-state index < -0.39 is 0 Å². The van der Waals surface area contributed by atoms with E-state index in [1.807, 2.05) is 0 Å². The van der Waals surface area contributed by atoms with Crippen LogP contribution in [0.4, 0.5) is 5.69 Å². The largest absolute Gasteiger partial charge is 0.379 e. The molecule has 0 amide bonds. The number of aromatic amines is 1. The van der Waals surface area contributed by atoms with E-state index in [2.05, 4.69) is 22.4 Å². The molecule has 6 heteroatoms. The minimum absolute atomic E-state index is 0.139. The number of ether oxygens (including phenoxy) is 1. The lowest BCUT2D eigenvalue weighted by Crippen LogP contribution is -2.42. The Kier molecular flexibility index (Phi) is 5.43. The van der Waals surface area contributed by atoms with Crippen LogP contribution in [0.3, 0.4) is 0 Å². The highest BCUT2D eigenvalue weighted by Gasteiger charge is 2.32. The number of hydrogen-bond acceptors (Lipinski definition) is 4. The van der Waals surface area contributed by atoms with Gasteiger partial charge in [-0.1, -0.05) is 37.8 Å². The molecule has 1 aromatic rings. The third-order valence-corrected chi connectivity index (χ3v) is 4.15. The maximum atomic E-state index is 11.4. The lowest BCUT2D eigenvalue weighted by Gasteiger charge is -2.37. The van der Waals surface area contributed by atoms with Gasteiger partial charge >= 0.3 is 0 Å². The van der Waals surface area contributed by atoms with Crippen molar-refractivity contribution < 1.29 is 4.74 Å². The van der Waals surface area contributed by atoms with Gasteiger partial charge in [-0.15, -0.1) is 0 Å². The number of nitrogens with one attached hydrogen (secondary N) is 2. The number of hydrogen-bond donors (Lipinski definition) is 2. The Hall–Kier alpha value is -1.07. The van der Waals surface area contributed by atoms with E-state index in [9.17, 15) is 4.79 Å². The number of aromatic nitrogens is 2. The minimum atomic E-state index is -0.371. The molecule has 0 radical (unpaired) electrons. The third kappa shape index (κ3) is 3.73. The molecule has 1 fully saturated rings. The Morgan fingerprint density at radius 2 is 2.20 bits per heavy atom. The molecule has 0 atom stereocenters. The maximum absolute atomic E-state index is 11.4. The van der Waals surface area contributed by atoms with Crippen LogP contribution in [0.25, 0.3) is 0 Å². The fourth-order valence-electron chi connectivity index (χ4n) is 2.65. The highest BCUT2D eigenvalue weighted by molar-refractivity contribution is 6.32. The molecule has 0 unspecified atom stereocenters. The number of anilines is 1. The molecule has 0 bridgehead atoms. The number of nitrogens with zero attached hydrogens (tertiary/aromatic N) is 1. The summed E-state index contributed by atoms with van der Waals surface area (Å²) in [6.07, 6.45) is 8.29. The smallest absolute Gasteiger partial charge is 0.285 e. The molecule has 112 valence electrons. The molecule has 1 heterocycles. The van der Waals surface area contributed by atoms with Crippen molar-refractivity contribution in [2.24, 2.45) is 0 Å². The van der Waals surface area contributed by atoms with Crippen LogP contribution in [0, 0.1) is 0 Å². The Morgan fingerprint density at radius 3 is 2.90 bits per heavy atom. The second-order valence-corrected chi connectivity index (χ2v) is 5.75. The van der Waals surface area contributed by atoms with Gasteiger partial charge in [-0.25, -0.2) is 5.10 Å². The van der Waals surface area contributed by atoms with Crippen molar-refractivity contribution in [2.75, 3.05) is 18.5 Å². The topological polar surface area (TPSA) is 67.0 Å². The Labute approximate surface area is 124 Å². The van der Waals surface area contributed by atoms with Crippen LogP contribution in [0.2, 0.25) is 5.02 Å². The average molecular weight is 300 g/mol. The highest BCUT2D eigenvalue weighted by atomic mass is 35.5. The van der Waals surface area contributed by atoms with Crippen LogP contribution in [0.1, 0.15) is 45.4 Å². The molecular weight excluding hydrogens is 278 g/mol. The molecule has 1 aliphatic rings. The van der Waals surface area contributed by atoms with Crippen LogP contribution >= 0.6 is 11.6 Å². The van der Waals surface area contributed by atoms with Crippen molar-refractivity contribution in [2.45, 2.75) is 51.0 Å². The van der Waals surface area contributed by atoms with Crippen molar-refractivity contribution in [1.29, 1.82) is 0 Å². The first-order chi connectivity index (χ1) is 9.67. The molecule has 0 aliphatic heterocycles. The molecule has 5 nitrogen and oxygen atoms in total. The van der Waals surface area contributed by atoms with E-state index in [0.29, 0.717) is 12.2 Å². The number of H-pyrrole nitrogens is 1. The van der Waals surface area contributed by atoms with Gasteiger partial charge in [0, 0.05) is 13.2 Å². The lowest BCUT2D eigenvalue weighted by molar-refractivity contribution is -0.0598. The van der Waals surface area contributed by atoms with Gasteiger partial charge in [-0.3, -0.25) is 4.79 Å². The zero-order chi connectivity index (χ0) is 14.4. The summed E-state index contributed by atoms with van der Waals surface area (Å²) in [6.45, 7) is 3.54. The fourth-order valence-corrected chi connectivity index (χ4v) is 2.81. The Bertz CT molecular complexity index is 484. The molecule has 20 heavy (non-hydrogen) atoms. The zero-order valence-corrected chi connectivity index (χ0v) is 12.6. The summed E-state index contributed by atoms with van der Waals surface area (Å²) in [5, 5.41) is 9.47. The summed E-state index contributed by atoms with van der Waals surface area (Å²) in [5.74, 6) is 0. The van der Waals surface area contributed by atoms with Gasteiger partial charge in [0.05, 0.1) is 17.5 Å². The van der Waals surface area contributed by atoms with E-state index in [1.165, 1.54) is 19.3 Å². The second kappa shape index (κ2) is 7.09. The SMILES string of the molecule is CCCOC1(CNc2cn[nH]c(=O)c2Cl)CCCCC1. The molecule has 2 N–H and O–H groups in total. The lowest BCUT2D eigenvalue weighted by atomic mass is 9.84. The molecule has 0 saturated heterocycles. The van der Waals surface area contributed by atoms with Crippen molar-refractivity contribution in [3.05, 3.63) is 21.6 Å². The van der Waals surface area contributed by atoms with Crippen LogP contribution in [-0.2, 0) is 4.74 Å². The number of halogens is 1. The van der Waals surface area contributed by atoms with Gasteiger partial charge in [0.2, 0.25) is 0 Å². The quantitative estimate of drug-likeness (QED) is 0.847. The first-order valence-electron chi connectivity index (χ1n) is 7.28. The molecule has 1 aliphatic carbocycles. The fraction of sp³-hybridized carbons (Fsp3) is 0.714. The molecule has 1 aromatic heterocycles. The van der Waals surface area contributed by atoms with Crippen molar-refractivity contribution in [3.8, 4) is 0 Å². The Balaban J connectivity index is 2.04. The molecular formula is C14H22ClN3O2. The van der Waals surface area contributed by atoms with Crippen LogP contribution in [0.5, 0.6) is 0 Å². The van der Waals surface area contributed by atoms with Crippen molar-refractivity contribution >= 4 is 17.3 Å². The van der Waals surface area contributed by atoms with E-state index in [1.54, 1.807) is 6.20 Å². The summed E-state index contributed by atoms with van der Waals surface area (Å²) in [7, 11) is 0. The first kappa shape index (κ1) is 15.3. The predicted octanol–water partition coefficient (Wildman–Crippen LogP) is 2.96. The van der Waals surface area contributed by atoms with Gasteiger partial charge < -0.3 is 10.1 Å². The normalized spacial score (nSPS) is 17.9. The molecule has 0 aromatic carbocycles. The van der Waals surface area contributed by atoms with Gasteiger partial charge in [0.15, 0.2) is 0 Å². The minimum Gasteiger partial charge on any atom is -0.379 e. The molecule has 2 rings (SSSR count). The predicted molar refractivity (Wildman–Crippen MR) is 80.4 cm³/mol. The van der Waals surface area contributed by atoms with Crippen LogP contribution in [0.15, 0.2) is 11.0 Å². The van der Waals surface area contributed by atoms with Crippen molar-refractivity contribution in [3.63, 3.8) is 0 Å². The summed E-state index contributed by atoms with van der Waals surface area (Å²) < 4.78 is 6.10. The zero-order valence-electron chi connectivity index (χ0n) is 11.9. The maximum Gasteiger partial charge on any atom is 0.285 e. The van der Waals surface area contributed by atoms with E-state index in [-0.39, 0.29) is 16.2 Å². The Morgan fingerprint density at radius 1 is 1.45 bits per heavy atom. The van der Waals surface area contributed by atoms with Crippen LogP contribution < -0.4 is 10.9 Å². The summed E-state index contributed by atoms with van der Waals surface area (Å²) >= 11 is 5.97. The third-order valence-electron chi connectivity index (χ3n) is 3.77. The van der Waals surface area contributed by atoms with E-state index in [0.717, 1.165) is 25.9 Å². The summed E-state index contributed by atoms with van der Waals surface area (Å²) in [6, 6.07) is 0. The monoisotopic (exact) mass is 299 g/mol. The molecule has 0 spiro atoms. The molecule has 1 saturated carbocycles. The highest BCUT2D eigenvalue weighted by Crippen LogP contribution is 2.32. The standard InChI is InChI=1S/C14H22ClN3O2/c1-2-8-20-14(6-4-3-5-7-14)10-16-11-9-17-18-13(19)12(11)15/h9H,2-8,10H2,1H3,(H2,16,18,19). The average Bonchev–Trinajstić information content (AvgIpc) is 2.48. The van der Waals surface area contributed by atoms with Gasteiger partial charge in [-0.2, -0.15) is 5.10 Å². The van der Waals surface area contributed by atoms with Gasteiger partial charge in [0.1, 0.15) is 5.02 Å². The van der Waals surface area contributed by atoms with Gasteiger partial charge in [-0.05, 0) is 19.3 Å². The summed E-state index contributed by atoms with van der Waals surface area (Å²) in [4.78, 5) is 11.4.